The Balaban J connectivity index is 2.30. The van der Waals surface area contributed by atoms with Crippen LogP contribution in [-0.2, 0) is 19.2 Å². The molecule has 0 bridgehead atoms. The zero-order chi connectivity index (χ0) is 11.2. The summed E-state index contributed by atoms with van der Waals surface area (Å²) >= 11 is 0. The Bertz CT molecular complexity index is 425. The second kappa shape index (κ2) is 2.99. The highest BCUT2D eigenvalue weighted by molar-refractivity contribution is 6.19. The minimum atomic E-state index is -0.967. The summed E-state index contributed by atoms with van der Waals surface area (Å²) in [4.78, 5) is 44.2. The molecule has 0 spiro atoms. The molecule has 2 heterocycles. The SMILES string of the molecule is O=C1CC(C2=CC(=O)N(O)C2=O)C(=O)N1. The van der Waals surface area contributed by atoms with E-state index in [1.165, 1.54) is 0 Å². The predicted molar refractivity (Wildman–Crippen MR) is 43.0 cm³/mol. The summed E-state index contributed by atoms with van der Waals surface area (Å²) in [5, 5.41) is 10.8. The molecule has 78 valence electrons. The van der Waals surface area contributed by atoms with Crippen LogP contribution >= 0.6 is 0 Å². The van der Waals surface area contributed by atoms with Crippen molar-refractivity contribution in [2.45, 2.75) is 6.42 Å². The largest absolute Gasteiger partial charge is 0.296 e. The van der Waals surface area contributed by atoms with E-state index in [2.05, 4.69) is 0 Å². The van der Waals surface area contributed by atoms with E-state index in [0.717, 1.165) is 6.08 Å². The Morgan fingerprint density at radius 3 is 2.40 bits per heavy atom. The molecule has 1 saturated heterocycles. The van der Waals surface area contributed by atoms with Gasteiger partial charge in [0.2, 0.25) is 11.8 Å². The lowest BCUT2D eigenvalue weighted by atomic mass is 9.98. The summed E-state index contributed by atoms with van der Waals surface area (Å²) in [7, 11) is 0. The van der Waals surface area contributed by atoms with Crippen LogP contribution in [0, 0.1) is 5.92 Å². The van der Waals surface area contributed by atoms with Crippen LogP contribution in [0.5, 0.6) is 0 Å². The summed E-state index contributed by atoms with van der Waals surface area (Å²) in [6, 6.07) is 0. The van der Waals surface area contributed by atoms with E-state index in [-0.39, 0.29) is 17.1 Å². The zero-order valence-corrected chi connectivity index (χ0v) is 7.39. The average Bonchev–Trinajstić information content (AvgIpc) is 2.61. The maximum Gasteiger partial charge on any atom is 0.281 e. The number of hydrogen-bond donors (Lipinski definition) is 2. The number of carbonyl (C=O) groups excluding carboxylic acids is 4. The van der Waals surface area contributed by atoms with E-state index < -0.39 is 29.5 Å². The minimum absolute atomic E-state index is 0.0780. The molecule has 2 aliphatic heterocycles. The van der Waals surface area contributed by atoms with Gasteiger partial charge in [-0.05, 0) is 0 Å². The molecule has 0 saturated carbocycles. The number of amides is 4. The second-order valence-electron chi connectivity index (χ2n) is 3.22. The number of nitrogens with zero attached hydrogens (tertiary/aromatic N) is 1. The fourth-order valence-corrected chi connectivity index (χ4v) is 1.53. The Kier molecular flexibility index (Phi) is 1.90. The molecule has 0 aromatic heterocycles. The van der Waals surface area contributed by atoms with Crippen molar-refractivity contribution in [3.05, 3.63) is 11.6 Å². The van der Waals surface area contributed by atoms with Gasteiger partial charge in [0.15, 0.2) is 0 Å². The quantitative estimate of drug-likeness (QED) is 0.398. The molecule has 15 heavy (non-hydrogen) atoms. The molecule has 1 unspecified atom stereocenters. The highest BCUT2D eigenvalue weighted by Crippen LogP contribution is 2.25. The van der Waals surface area contributed by atoms with Crippen LogP contribution in [0.1, 0.15) is 6.42 Å². The van der Waals surface area contributed by atoms with Gasteiger partial charge in [-0.25, -0.2) is 0 Å². The molecule has 0 radical (unpaired) electrons. The lowest BCUT2D eigenvalue weighted by Crippen LogP contribution is -2.30. The smallest absolute Gasteiger partial charge is 0.281 e. The van der Waals surface area contributed by atoms with Gasteiger partial charge in [-0.1, -0.05) is 0 Å². The molecule has 7 nitrogen and oxygen atoms in total. The van der Waals surface area contributed by atoms with Crippen molar-refractivity contribution in [3.8, 4) is 0 Å². The van der Waals surface area contributed by atoms with Crippen molar-refractivity contribution < 1.29 is 24.4 Å². The van der Waals surface area contributed by atoms with Gasteiger partial charge in [-0.3, -0.25) is 29.7 Å². The summed E-state index contributed by atoms with van der Waals surface area (Å²) < 4.78 is 0. The molecular weight excluding hydrogens is 204 g/mol. The number of hydroxylamine groups is 2. The molecule has 1 atom stereocenters. The molecule has 2 N–H and O–H groups in total. The van der Waals surface area contributed by atoms with Crippen LogP contribution in [-0.4, -0.2) is 33.9 Å². The van der Waals surface area contributed by atoms with Crippen molar-refractivity contribution >= 4 is 23.6 Å². The summed E-state index contributed by atoms with van der Waals surface area (Å²) in [5.74, 6) is -3.94. The minimum Gasteiger partial charge on any atom is -0.296 e. The van der Waals surface area contributed by atoms with Crippen LogP contribution in [0.25, 0.3) is 0 Å². The predicted octanol–water partition coefficient (Wildman–Crippen LogP) is -1.67. The Labute approximate surface area is 83.3 Å². The summed E-state index contributed by atoms with van der Waals surface area (Å²) in [6.07, 6.45) is 0.697. The van der Waals surface area contributed by atoms with Gasteiger partial charge in [0.05, 0.1) is 5.92 Å². The van der Waals surface area contributed by atoms with Crippen molar-refractivity contribution in [2.24, 2.45) is 5.92 Å². The number of imide groups is 2. The Morgan fingerprint density at radius 2 is 2.00 bits per heavy atom. The van der Waals surface area contributed by atoms with Crippen molar-refractivity contribution in [2.75, 3.05) is 0 Å². The molecule has 2 rings (SSSR count). The maximum atomic E-state index is 11.3. The first kappa shape index (κ1) is 9.53. The Morgan fingerprint density at radius 1 is 1.33 bits per heavy atom. The van der Waals surface area contributed by atoms with Crippen LogP contribution in [0.2, 0.25) is 0 Å². The molecule has 2 aliphatic rings. The molecule has 0 aromatic rings. The summed E-state index contributed by atoms with van der Waals surface area (Å²) in [5.41, 5.74) is -0.147. The van der Waals surface area contributed by atoms with Gasteiger partial charge in [0.1, 0.15) is 0 Å². The van der Waals surface area contributed by atoms with E-state index in [9.17, 15) is 19.2 Å². The maximum absolute atomic E-state index is 11.3. The first-order valence-corrected chi connectivity index (χ1v) is 4.13. The van der Waals surface area contributed by atoms with Crippen LogP contribution in [0.3, 0.4) is 0 Å². The van der Waals surface area contributed by atoms with Crippen LogP contribution < -0.4 is 5.32 Å². The molecule has 1 fully saturated rings. The van der Waals surface area contributed by atoms with Crippen molar-refractivity contribution in [3.63, 3.8) is 0 Å². The highest BCUT2D eigenvalue weighted by Gasteiger charge is 2.42. The van der Waals surface area contributed by atoms with Gasteiger partial charge in [0, 0.05) is 18.1 Å². The number of nitrogens with one attached hydrogen (secondary N) is 1. The molecule has 0 aliphatic carbocycles. The van der Waals surface area contributed by atoms with Crippen LogP contribution in [0.4, 0.5) is 0 Å². The number of rotatable bonds is 1. The third-order valence-electron chi connectivity index (χ3n) is 2.27. The standard InChI is InChI=1S/C8H6N2O5/c11-5-1-3(7(13)9-5)4-2-6(12)10(15)8(4)14/h2-3,15H,1H2,(H,9,11,13). The third kappa shape index (κ3) is 1.33. The first-order chi connectivity index (χ1) is 7.00. The molecular formula is C8H6N2O5. The molecule has 0 aromatic carbocycles. The third-order valence-corrected chi connectivity index (χ3v) is 2.27. The monoisotopic (exact) mass is 210 g/mol. The fourth-order valence-electron chi connectivity index (χ4n) is 1.53. The van der Waals surface area contributed by atoms with Crippen molar-refractivity contribution in [1.82, 2.24) is 10.4 Å². The second-order valence-corrected chi connectivity index (χ2v) is 3.22. The topological polar surface area (TPSA) is 104 Å². The molecule has 4 amide bonds. The normalized spacial score (nSPS) is 26.1. The molecule has 7 heteroatoms. The lowest BCUT2D eigenvalue weighted by molar-refractivity contribution is -0.170. The van der Waals surface area contributed by atoms with E-state index in [4.69, 9.17) is 5.21 Å². The van der Waals surface area contributed by atoms with E-state index >= 15 is 0 Å². The van der Waals surface area contributed by atoms with Gasteiger partial charge in [-0.15, -0.1) is 5.06 Å². The summed E-state index contributed by atoms with van der Waals surface area (Å²) in [6.45, 7) is 0. The number of hydrogen-bond acceptors (Lipinski definition) is 5. The van der Waals surface area contributed by atoms with Gasteiger partial charge in [0.25, 0.3) is 11.8 Å². The van der Waals surface area contributed by atoms with Gasteiger partial charge in [-0.2, -0.15) is 0 Å². The lowest BCUT2D eigenvalue weighted by Gasteiger charge is -2.07. The van der Waals surface area contributed by atoms with Crippen LogP contribution in [0.15, 0.2) is 11.6 Å². The van der Waals surface area contributed by atoms with Gasteiger partial charge >= 0.3 is 0 Å². The van der Waals surface area contributed by atoms with Gasteiger partial charge < -0.3 is 0 Å². The van der Waals surface area contributed by atoms with E-state index in [1.54, 1.807) is 0 Å². The Hall–Kier alpha value is -2.02. The number of carbonyl (C=O) groups is 4. The highest BCUT2D eigenvalue weighted by atomic mass is 16.5. The van der Waals surface area contributed by atoms with Crippen molar-refractivity contribution in [1.29, 1.82) is 0 Å². The van der Waals surface area contributed by atoms with E-state index in [0.29, 0.717) is 0 Å². The first-order valence-electron chi connectivity index (χ1n) is 4.13. The fraction of sp³-hybridized carbons (Fsp3) is 0.250. The average molecular weight is 210 g/mol. The zero-order valence-electron chi connectivity index (χ0n) is 7.39. The van der Waals surface area contributed by atoms with E-state index in [1.807, 2.05) is 5.32 Å².